The van der Waals surface area contributed by atoms with Crippen LogP contribution in [0.1, 0.15) is 23.6 Å². The fourth-order valence-corrected chi connectivity index (χ4v) is 2.44. The summed E-state index contributed by atoms with van der Waals surface area (Å²) in [5.74, 6) is 0.566. The standard InChI is InChI=1S/C17H20ClN/c1-4-14-5-8-16(9-6-14)19(3)17-10-7-15(12-18)11-13(17)2/h5-11H,4,12H2,1-3H3. The van der Waals surface area contributed by atoms with Gasteiger partial charge in [-0.05, 0) is 48.2 Å². The maximum atomic E-state index is 5.87. The third kappa shape index (κ3) is 3.10. The third-order valence-electron chi connectivity index (χ3n) is 3.51. The van der Waals surface area contributed by atoms with Gasteiger partial charge in [0, 0.05) is 24.3 Å². The van der Waals surface area contributed by atoms with Gasteiger partial charge in [0.15, 0.2) is 0 Å². The number of hydrogen-bond donors (Lipinski definition) is 0. The molecule has 0 saturated heterocycles. The molecule has 0 N–H and O–H groups in total. The lowest BCUT2D eigenvalue weighted by atomic mass is 10.1. The molecule has 2 heteroatoms. The summed E-state index contributed by atoms with van der Waals surface area (Å²) >= 11 is 5.87. The highest BCUT2D eigenvalue weighted by Crippen LogP contribution is 2.28. The predicted octanol–water partition coefficient (Wildman–Crippen LogP) is 5.06. The summed E-state index contributed by atoms with van der Waals surface area (Å²) in [6, 6.07) is 15.1. The van der Waals surface area contributed by atoms with Crippen LogP contribution in [0.5, 0.6) is 0 Å². The maximum absolute atomic E-state index is 5.87. The van der Waals surface area contributed by atoms with Crippen molar-refractivity contribution >= 4 is 23.0 Å². The van der Waals surface area contributed by atoms with E-state index in [0.717, 1.165) is 12.0 Å². The number of aryl methyl sites for hydroxylation is 2. The van der Waals surface area contributed by atoms with Gasteiger partial charge in [-0.3, -0.25) is 0 Å². The van der Waals surface area contributed by atoms with Crippen molar-refractivity contribution in [2.75, 3.05) is 11.9 Å². The monoisotopic (exact) mass is 273 g/mol. The average Bonchev–Trinajstić information content (AvgIpc) is 2.46. The summed E-state index contributed by atoms with van der Waals surface area (Å²) in [7, 11) is 2.10. The topological polar surface area (TPSA) is 3.24 Å². The van der Waals surface area contributed by atoms with Gasteiger partial charge in [0.2, 0.25) is 0 Å². The molecule has 0 spiro atoms. The van der Waals surface area contributed by atoms with E-state index in [-0.39, 0.29) is 0 Å². The fourth-order valence-electron chi connectivity index (χ4n) is 2.27. The van der Waals surface area contributed by atoms with Crippen LogP contribution in [0, 0.1) is 6.92 Å². The van der Waals surface area contributed by atoms with Crippen molar-refractivity contribution in [2.45, 2.75) is 26.1 Å². The lowest BCUT2D eigenvalue weighted by molar-refractivity contribution is 1.13. The molecule has 0 radical (unpaired) electrons. The van der Waals surface area contributed by atoms with E-state index in [4.69, 9.17) is 11.6 Å². The zero-order valence-electron chi connectivity index (χ0n) is 11.8. The fraction of sp³-hybridized carbons (Fsp3) is 0.294. The third-order valence-corrected chi connectivity index (χ3v) is 3.82. The summed E-state index contributed by atoms with van der Waals surface area (Å²) in [4.78, 5) is 2.22. The number of hydrogen-bond acceptors (Lipinski definition) is 1. The first kappa shape index (κ1) is 14.0. The van der Waals surface area contributed by atoms with Crippen LogP contribution in [0.15, 0.2) is 42.5 Å². The van der Waals surface area contributed by atoms with E-state index in [2.05, 4.69) is 68.3 Å². The Morgan fingerprint density at radius 3 is 2.16 bits per heavy atom. The molecular weight excluding hydrogens is 254 g/mol. The highest BCUT2D eigenvalue weighted by molar-refractivity contribution is 6.17. The Labute approximate surface area is 120 Å². The minimum Gasteiger partial charge on any atom is -0.344 e. The van der Waals surface area contributed by atoms with Gasteiger partial charge < -0.3 is 4.90 Å². The normalized spacial score (nSPS) is 10.5. The molecule has 2 aromatic rings. The number of benzene rings is 2. The molecule has 0 aliphatic rings. The van der Waals surface area contributed by atoms with Gasteiger partial charge >= 0.3 is 0 Å². The molecule has 0 bridgehead atoms. The Kier molecular flexibility index (Phi) is 4.49. The summed E-state index contributed by atoms with van der Waals surface area (Å²) in [6.45, 7) is 4.30. The van der Waals surface area contributed by atoms with Crippen molar-refractivity contribution < 1.29 is 0 Å². The van der Waals surface area contributed by atoms with Gasteiger partial charge in [-0.2, -0.15) is 0 Å². The zero-order valence-corrected chi connectivity index (χ0v) is 12.5. The first-order chi connectivity index (χ1) is 9.15. The second-order valence-electron chi connectivity index (χ2n) is 4.83. The summed E-state index contributed by atoms with van der Waals surface area (Å²) in [6.07, 6.45) is 1.08. The molecule has 2 rings (SSSR count). The van der Waals surface area contributed by atoms with Crippen LogP contribution in [-0.2, 0) is 12.3 Å². The summed E-state index contributed by atoms with van der Waals surface area (Å²) < 4.78 is 0. The molecule has 1 nitrogen and oxygen atoms in total. The van der Waals surface area contributed by atoms with E-state index in [1.165, 1.54) is 22.5 Å². The molecule has 0 aliphatic heterocycles. The van der Waals surface area contributed by atoms with E-state index >= 15 is 0 Å². The number of anilines is 2. The zero-order chi connectivity index (χ0) is 13.8. The van der Waals surface area contributed by atoms with E-state index in [1.807, 2.05) is 0 Å². The number of nitrogens with zero attached hydrogens (tertiary/aromatic N) is 1. The van der Waals surface area contributed by atoms with Crippen molar-refractivity contribution in [3.63, 3.8) is 0 Å². The van der Waals surface area contributed by atoms with Gasteiger partial charge in [-0.1, -0.05) is 31.2 Å². The van der Waals surface area contributed by atoms with E-state index < -0.39 is 0 Å². The predicted molar refractivity (Wildman–Crippen MR) is 84.6 cm³/mol. The van der Waals surface area contributed by atoms with Crippen LogP contribution >= 0.6 is 11.6 Å². The second-order valence-corrected chi connectivity index (χ2v) is 5.10. The molecule has 0 unspecified atom stereocenters. The smallest absolute Gasteiger partial charge is 0.0474 e. The minimum atomic E-state index is 0.566. The van der Waals surface area contributed by atoms with Gasteiger partial charge in [0.1, 0.15) is 0 Å². The van der Waals surface area contributed by atoms with Crippen LogP contribution in [0.4, 0.5) is 11.4 Å². The Balaban J connectivity index is 2.29. The molecule has 0 atom stereocenters. The molecule has 0 aromatic heterocycles. The lowest BCUT2D eigenvalue weighted by Gasteiger charge is -2.22. The molecule has 2 aromatic carbocycles. The Bertz CT molecular complexity index is 546. The van der Waals surface area contributed by atoms with Crippen molar-refractivity contribution in [3.8, 4) is 0 Å². The van der Waals surface area contributed by atoms with E-state index in [0.29, 0.717) is 5.88 Å². The van der Waals surface area contributed by atoms with Gasteiger partial charge in [-0.25, -0.2) is 0 Å². The Morgan fingerprint density at radius 2 is 1.63 bits per heavy atom. The summed E-state index contributed by atoms with van der Waals surface area (Å²) in [5.41, 5.74) is 6.21. The van der Waals surface area contributed by atoms with Crippen molar-refractivity contribution in [1.82, 2.24) is 0 Å². The highest BCUT2D eigenvalue weighted by atomic mass is 35.5. The largest absolute Gasteiger partial charge is 0.344 e. The van der Waals surface area contributed by atoms with E-state index in [9.17, 15) is 0 Å². The molecule has 0 amide bonds. The Hall–Kier alpha value is -1.47. The summed E-state index contributed by atoms with van der Waals surface area (Å²) in [5, 5.41) is 0. The van der Waals surface area contributed by atoms with Crippen LogP contribution in [0.2, 0.25) is 0 Å². The van der Waals surface area contributed by atoms with Crippen molar-refractivity contribution in [1.29, 1.82) is 0 Å². The molecular formula is C17H20ClN. The molecule has 0 heterocycles. The van der Waals surface area contributed by atoms with Gasteiger partial charge in [0.05, 0.1) is 0 Å². The van der Waals surface area contributed by atoms with Gasteiger partial charge in [0.25, 0.3) is 0 Å². The highest BCUT2D eigenvalue weighted by Gasteiger charge is 2.07. The van der Waals surface area contributed by atoms with Crippen LogP contribution in [0.3, 0.4) is 0 Å². The van der Waals surface area contributed by atoms with Crippen molar-refractivity contribution in [2.24, 2.45) is 0 Å². The Morgan fingerprint density at radius 1 is 1.00 bits per heavy atom. The first-order valence-electron chi connectivity index (χ1n) is 6.64. The molecule has 0 aliphatic carbocycles. The molecule has 100 valence electrons. The number of rotatable bonds is 4. The van der Waals surface area contributed by atoms with Crippen LogP contribution in [-0.4, -0.2) is 7.05 Å². The van der Waals surface area contributed by atoms with Gasteiger partial charge in [-0.15, -0.1) is 11.6 Å². The number of halogens is 1. The number of alkyl halides is 1. The SMILES string of the molecule is CCc1ccc(N(C)c2ccc(CCl)cc2C)cc1. The van der Waals surface area contributed by atoms with Crippen LogP contribution < -0.4 is 4.90 Å². The van der Waals surface area contributed by atoms with E-state index in [1.54, 1.807) is 0 Å². The first-order valence-corrected chi connectivity index (χ1v) is 7.17. The quantitative estimate of drug-likeness (QED) is 0.704. The van der Waals surface area contributed by atoms with Crippen LogP contribution in [0.25, 0.3) is 0 Å². The van der Waals surface area contributed by atoms with Crippen molar-refractivity contribution in [3.05, 3.63) is 59.2 Å². The maximum Gasteiger partial charge on any atom is 0.0474 e. The molecule has 19 heavy (non-hydrogen) atoms. The second kappa shape index (κ2) is 6.12. The molecule has 0 fully saturated rings. The average molecular weight is 274 g/mol. The minimum absolute atomic E-state index is 0.566. The molecule has 0 saturated carbocycles. The lowest BCUT2D eigenvalue weighted by Crippen LogP contribution is -2.11.